The molecule has 0 fully saturated rings. The molecule has 0 bridgehead atoms. The van der Waals surface area contributed by atoms with Crippen LogP contribution in [0.4, 0.5) is 0 Å². The number of benzene rings is 3. The molecule has 1 atom stereocenters. The quantitative estimate of drug-likeness (QED) is 0.396. The second kappa shape index (κ2) is 11.5. The van der Waals surface area contributed by atoms with Crippen molar-refractivity contribution in [3.8, 4) is 5.75 Å². The largest absolute Gasteiger partial charge is 0.488 e. The van der Waals surface area contributed by atoms with E-state index < -0.39 is 6.04 Å². The molecule has 164 valence electrons. The van der Waals surface area contributed by atoms with Crippen molar-refractivity contribution in [2.75, 3.05) is 0 Å². The number of nitrogens with one attached hydrogen (secondary N) is 2. The monoisotopic (exact) mass is 429 g/mol. The Morgan fingerprint density at radius 1 is 0.906 bits per heavy atom. The third-order valence-electron chi connectivity index (χ3n) is 4.81. The van der Waals surface area contributed by atoms with Crippen molar-refractivity contribution < 1.29 is 14.3 Å². The summed E-state index contributed by atoms with van der Waals surface area (Å²) in [5.41, 5.74) is 4.82. The van der Waals surface area contributed by atoms with Crippen molar-refractivity contribution in [3.05, 3.63) is 102 Å². The number of carbonyl (C=O) groups is 2. The van der Waals surface area contributed by atoms with E-state index in [2.05, 4.69) is 15.8 Å². The van der Waals surface area contributed by atoms with Crippen molar-refractivity contribution in [3.63, 3.8) is 0 Å². The van der Waals surface area contributed by atoms with Crippen molar-refractivity contribution in [1.29, 1.82) is 0 Å². The van der Waals surface area contributed by atoms with E-state index in [-0.39, 0.29) is 17.7 Å². The van der Waals surface area contributed by atoms with Gasteiger partial charge < -0.3 is 10.1 Å². The van der Waals surface area contributed by atoms with Gasteiger partial charge in [0.1, 0.15) is 18.4 Å². The summed E-state index contributed by atoms with van der Waals surface area (Å²) in [6.45, 7) is 4.16. The Morgan fingerprint density at radius 2 is 1.53 bits per heavy atom. The standard InChI is InChI=1S/C26H27N3O3/c1-19(2)24(28-25(30)21-13-7-4-8-14-21)26(31)29-27-17-22-15-9-10-16-23(22)32-18-20-11-5-3-6-12-20/h3-17,19,24H,18H2,1-2H3,(H,28,30)(H,29,31). The average Bonchev–Trinajstić information content (AvgIpc) is 2.82. The molecular formula is C26H27N3O3. The minimum Gasteiger partial charge on any atom is -0.488 e. The normalized spacial score (nSPS) is 11.8. The lowest BCUT2D eigenvalue weighted by Crippen LogP contribution is -2.48. The molecular weight excluding hydrogens is 402 g/mol. The van der Waals surface area contributed by atoms with Gasteiger partial charge in [0, 0.05) is 11.1 Å². The van der Waals surface area contributed by atoms with Crippen LogP contribution >= 0.6 is 0 Å². The van der Waals surface area contributed by atoms with Gasteiger partial charge >= 0.3 is 0 Å². The van der Waals surface area contributed by atoms with Crippen LogP contribution in [0, 0.1) is 5.92 Å². The number of carbonyl (C=O) groups excluding carboxylic acids is 2. The highest BCUT2D eigenvalue weighted by Gasteiger charge is 2.24. The van der Waals surface area contributed by atoms with Crippen molar-refractivity contribution >= 4 is 18.0 Å². The number of hydrazone groups is 1. The molecule has 3 rings (SSSR count). The third-order valence-corrected chi connectivity index (χ3v) is 4.81. The van der Waals surface area contributed by atoms with Gasteiger partial charge in [-0.2, -0.15) is 5.10 Å². The fraction of sp³-hybridized carbons (Fsp3) is 0.192. The Hall–Kier alpha value is -3.93. The number of hydrogen-bond acceptors (Lipinski definition) is 4. The van der Waals surface area contributed by atoms with Crippen molar-refractivity contribution in [2.24, 2.45) is 11.0 Å². The van der Waals surface area contributed by atoms with Gasteiger partial charge in [0.25, 0.3) is 11.8 Å². The Kier molecular flexibility index (Phi) is 8.15. The summed E-state index contributed by atoms with van der Waals surface area (Å²) in [5.74, 6) is -0.141. The summed E-state index contributed by atoms with van der Waals surface area (Å²) in [7, 11) is 0. The fourth-order valence-electron chi connectivity index (χ4n) is 3.04. The van der Waals surface area contributed by atoms with Crippen LogP contribution in [0.3, 0.4) is 0 Å². The molecule has 3 aromatic carbocycles. The molecule has 1 unspecified atom stereocenters. The van der Waals surface area contributed by atoms with Crippen molar-refractivity contribution in [2.45, 2.75) is 26.5 Å². The molecule has 0 aromatic heterocycles. The number of hydrogen-bond donors (Lipinski definition) is 2. The first-order valence-corrected chi connectivity index (χ1v) is 10.5. The topological polar surface area (TPSA) is 79.8 Å². The maximum atomic E-state index is 12.7. The molecule has 3 aromatic rings. The Balaban J connectivity index is 1.61. The van der Waals surface area contributed by atoms with E-state index in [1.165, 1.54) is 6.21 Å². The second-order valence-corrected chi connectivity index (χ2v) is 7.61. The molecule has 0 aliphatic rings. The predicted octanol–water partition coefficient (Wildman–Crippen LogP) is 4.17. The molecule has 2 amide bonds. The maximum Gasteiger partial charge on any atom is 0.262 e. The molecule has 0 heterocycles. The summed E-state index contributed by atoms with van der Waals surface area (Å²) >= 11 is 0. The van der Waals surface area contributed by atoms with Gasteiger partial charge in [-0.3, -0.25) is 9.59 Å². The van der Waals surface area contributed by atoms with E-state index in [1.807, 2.05) is 74.5 Å². The van der Waals surface area contributed by atoms with Crippen LogP contribution in [0.5, 0.6) is 5.75 Å². The van der Waals surface area contributed by atoms with Gasteiger partial charge in [-0.05, 0) is 35.7 Å². The van der Waals surface area contributed by atoms with Gasteiger partial charge in [-0.1, -0.05) is 74.5 Å². The van der Waals surface area contributed by atoms with E-state index in [4.69, 9.17) is 4.74 Å². The van der Waals surface area contributed by atoms with E-state index in [1.54, 1.807) is 24.3 Å². The Bertz CT molecular complexity index is 1050. The summed E-state index contributed by atoms with van der Waals surface area (Å²) < 4.78 is 5.91. The molecule has 0 aliphatic heterocycles. The zero-order chi connectivity index (χ0) is 22.8. The van der Waals surface area contributed by atoms with Gasteiger partial charge in [0.15, 0.2) is 0 Å². The highest BCUT2D eigenvalue weighted by Crippen LogP contribution is 2.17. The molecule has 0 saturated carbocycles. The van der Waals surface area contributed by atoms with Crippen LogP contribution in [0.2, 0.25) is 0 Å². The van der Waals surface area contributed by atoms with Crippen LogP contribution in [-0.4, -0.2) is 24.1 Å². The minimum absolute atomic E-state index is 0.112. The highest BCUT2D eigenvalue weighted by atomic mass is 16.5. The van der Waals surface area contributed by atoms with E-state index in [0.29, 0.717) is 17.9 Å². The number of ether oxygens (including phenoxy) is 1. The summed E-state index contributed by atoms with van der Waals surface area (Å²) in [6, 6.07) is 25.4. The van der Waals surface area contributed by atoms with Crippen LogP contribution in [-0.2, 0) is 11.4 Å². The van der Waals surface area contributed by atoms with Crippen LogP contribution in [0.1, 0.15) is 35.3 Å². The average molecular weight is 430 g/mol. The van der Waals surface area contributed by atoms with Gasteiger partial charge in [-0.15, -0.1) is 0 Å². The first kappa shape index (κ1) is 22.7. The SMILES string of the molecule is CC(C)C(NC(=O)c1ccccc1)C(=O)NN=Cc1ccccc1OCc1ccccc1. The Labute approximate surface area is 188 Å². The summed E-state index contributed by atoms with van der Waals surface area (Å²) in [5, 5.41) is 6.87. The molecule has 6 nitrogen and oxygen atoms in total. The molecule has 32 heavy (non-hydrogen) atoms. The first-order valence-electron chi connectivity index (χ1n) is 10.5. The van der Waals surface area contributed by atoms with Gasteiger partial charge in [-0.25, -0.2) is 5.43 Å². The summed E-state index contributed by atoms with van der Waals surface area (Å²) in [4.78, 5) is 25.1. The van der Waals surface area contributed by atoms with Crippen LogP contribution < -0.4 is 15.5 Å². The van der Waals surface area contributed by atoms with Gasteiger partial charge in [0.2, 0.25) is 0 Å². The van der Waals surface area contributed by atoms with Crippen molar-refractivity contribution in [1.82, 2.24) is 10.7 Å². The molecule has 0 aliphatic carbocycles. The minimum atomic E-state index is -0.718. The predicted molar refractivity (Wildman–Crippen MR) is 125 cm³/mol. The second-order valence-electron chi connectivity index (χ2n) is 7.61. The fourth-order valence-corrected chi connectivity index (χ4v) is 3.04. The highest BCUT2D eigenvalue weighted by molar-refractivity contribution is 5.97. The van der Waals surface area contributed by atoms with Gasteiger partial charge in [0.05, 0.1) is 6.21 Å². The summed E-state index contributed by atoms with van der Waals surface area (Å²) in [6.07, 6.45) is 1.54. The first-order chi connectivity index (χ1) is 15.5. The number of rotatable bonds is 9. The molecule has 0 spiro atoms. The number of nitrogens with zero attached hydrogens (tertiary/aromatic N) is 1. The molecule has 0 saturated heterocycles. The smallest absolute Gasteiger partial charge is 0.262 e. The lowest BCUT2D eigenvalue weighted by molar-refractivity contribution is -0.123. The maximum absolute atomic E-state index is 12.7. The number of amides is 2. The van der Waals surface area contributed by atoms with E-state index in [9.17, 15) is 9.59 Å². The van der Waals surface area contributed by atoms with Crippen LogP contribution in [0.15, 0.2) is 90.0 Å². The van der Waals surface area contributed by atoms with E-state index >= 15 is 0 Å². The molecule has 6 heteroatoms. The third kappa shape index (κ3) is 6.54. The lowest BCUT2D eigenvalue weighted by atomic mass is 10.0. The number of para-hydroxylation sites is 1. The Morgan fingerprint density at radius 3 is 2.22 bits per heavy atom. The molecule has 0 radical (unpaired) electrons. The molecule has 2 N–H and O–H groups in total. The lowest BCUT2D eigenvalue weighted by Gasteiger charge is -2.20. The zero-order valence-electron chi connectivity index (χ0n) is 18.2. The van der Waals surface area contributed by atoms with Crippen LogP contribution in [0.25, 0.3) is 0 Å². The van der Waals surface area contributed by atoms with E-state index in [0.717, 1.165) is 11.1 Å². The zero-order valence-corrected chi connectivity index (χ0v) is 18.2.